The van der Waals surface area contributed by atoms with Crippen LogP contribution in [0, 0.1) is 5.82 Å². The Bertz CT molecular complexity index is 1050. The minimum atomic E-state index is -0.449. The Morgan fingerprint density at radius 1 is 1.18 bits per heavy atom. The molecular weight excluding hydrogens is 283 g/mol. The van der Waals surface area contributed by atoms with Crippen LogP contribution in [0.4, 0.5) is 4.39 Å². The fourth-order valence-corrected chi connectivity index (χ4v) is 2.58. The molecule has 3 aromatic heterocycles. The Hall–Kier alpha value is -3.02. The van der Waals surface area contributed by atoms with E-state index in [0.29, 0.717) is 17.8 Å². The van der Waals surface area contributed by atoms with Crippen molar-refractivity contribution in [3.63, 3.8) is 0 Å². The summed E-state index contributed by atoms with van der Waals surface area (Å²) < 4.78 is 13.2. The number of hydrogen-bond donors (Lipinski definition) is 2. The van der Waals surface area contributed by atoms with Crippen molar-refractivity contribution in [3.05, 3.63) is 70.3 Å². The number of H-pyrrole nitrogens is 2. The van der Waals surface area contributed by atoms with Crippen molar-refractivity contribution < 1.29 is 4.39 Å². The van der Waals surface area contributed by atoms with E-state index in [0.717, 1.165) is 16.6 Å². The van der Waals surface area contributed by atoms with Gasteiger partial charge in [0, 0.05) is 24.2 Å². The molecule has 1 aromatic carbocycles. The molecule has 0 unspecified atom stereocenters. The van der Waals surface area contributed by atoms with Crippen molar-refractivity contribution >= 4 is 21.9 Å². The van der Waals surface area contributed by atoms with Crippen LogP contribution in [0.3, 0.4) is 0 Å². The quantitative estimate of drug-likeness (QED) is 0.596. The van der Waals surface area contributed by atoms with E-state index in [1.807, 2.05) is 18.3 Å². The van der Waals surface area contributed by atoms with E-state index in [1.165, 1.54) is 18.2 Å². The van der Waals surface area contributed by atoms with Crippen LogP contribution in [0.1, 0.15) is 11.4 Å². The molecular formula is C16H11FN4O. The molecule has 0 fully saturated rings. The monoisotopic (exact) mass is 294 g/mol. The Balaban J connectivity index is 1.82. The van der Waals surface area contributed by atoms with E-state index < -0.39 is 5.82 Å². The molecule has 0 atom stereocenters. The number of fused-ring (bicyclic) bond motifs is 2. The number of aromatic nitrogens is 4. The van der Waals surface area contributed by atoms with Gasteiger partial charge in [0.05, 0.1) is 10.9 Å². The van der Waals surface area contributed by atoms with Gasteiger partial charge in [0.25, 0.3) is 5.56 Å². The van der Waals surface area contributed by atoms with Crippen LogP contribution in [0.5, 0.6) is 0 Å². The van der Waals surface area contributed by atoms with Gasteiger partial charge in [0.1, 0.15) is 17.3 Å². The Morgan fingerprint density at radius 2 is 2.09 bits per heavy atom. The predicted molar refractivity (Wildman–Crippen MR) is 81.2 cm³/mol. The first kappa shape index (κ1) is 12.7. The van der Waals surface area contributed by atoms with Crippen LogP contribution in [0.15, 0.2) is 47.5 Å². The summed E-state index contributed by atoms with van der Waals surface area (Å²) in [5.41, 5.74) is 1.94. The summed E-state index contributed by atoms with van der Waals surface area (Å²) in [7, 11) is 0. The van der Waals surface area contributed by atoms with Gasteiger partial charge in [0.2, 0.25) is 0 Å². The Labute approximate surface area is 123 Å². The molecule has 0 aliphatic carbocycles. The molecule has 0 radical (unpaired) electrons. The summed E-state index contributed by atoms with van der Waals surface area (Å²) in [5.74, 6) is 0.0871. The molecule has 0 amide bonds. The zero-order valence-corrected chi connectivity index (χ0v) is 11.4. The lowest BCUT2D eigenvalue weighted by molar-refractivity contribution is 0.629. The molecule has 0 saturated carbocycles. The number of aromatic amines is 2. The van der Waals surface area contributed by atoms with Crippen LogP contribution in [-0.2, 0) is 6.42 Å². The average molecular weight is 294 g/mol. The van der Waals surface area contributed by atoms with Crippen LogP contribution in [0.2, 0.25) is 0 Å². The summed E-state index contributed by atoms with van der Waals surface area (Å²) in [6.45, 7) is 0. The maximum absolute atomic E-state index is 13.2. The molecule has 108 valence electrons. The third kappa shape index (κ3) is 2.05. The van der Waals surface area contributed by atoms with Crippen molar-refractivity contribution in [1.29, 1.82) is 0 Å². The van der Waals surface area contributed by atoms with Gasteiger partial charge in [0.15, 0.2) is 0 Å². The van der Waals surface area contributed by atoms with E-state index in [9.17, 15) is 9.18 Å². The number of pyridine rings is 1. The summed E-state index contributed by atoms with van der Waals surface area (Å²) in [6, 6.07) is 7.83. The molecule has 0 saturated heterocycles. The minimum Gasteiger partial charge on any atom is -0.346 e. The summed E-state index contributed by atoms with van der Waals surface area (Å²) in [5, 5.41) is 1.24. The van der Waals surface area contributed by atoms with Crippen molar-refractivity contribution in [2.75, 3.05) is 0 Å². The largest absolute Gasteiger partial charge is 0.346 e. The number of hydrogen-bond acceptors (Lipinski definition) is 3. The van der Waals surface area contributed by atoms with E-state index in [-0.39, 0.29) is 10.9 Å². The molecule has 4 rings (SSSR count). The van der Waals surface area contributed by atoms with Crippen LogP contribution in [0.25, 0.3) is 21.9 Å². The molecule has 4 aromatic rings. The van der Waals surface area contributed by atoms with Gasteiger partial charge in [-0.05, 0) is 35.9 Å². The van der Waals surface area contributed by atoms with Crippen LogP contribution < -0.4 is 5.56 Å². The van der Waals surface area contributed by atoms with Crippen molar-refractivity contribution in [1.82, 2.24) is 19.9 Å². The first-order chi connectivity index (χ1) is 10.7. The molecule has 5 nitrogen and oxygen atoms in total. The molecule has 22 heavy (non-hydrogen) atoms. The van der Waals surface area contributed by atoms with Gasteiger partial charge in [-0.15, -0.1) is 0 Å². The van der Waals surface area contributed by atoms with Crippen molar-refractivity contribution in [2.24, 2.45) is 0 Å². The molecule has 0 aliphatic rings. The Morgan fingerprint density at radius 3 is 3.00 bits per heavy atom. The minimum absolute atomic E-state index is 0.254. The third-order valence-electron chi connectivity index (χ3n) is 3.61. The second-order valence-electron chi connectivity index (χ2n) is 5.06. The zero-order valence-electron chi connectivity index (χ0n) is 11.4. The summed E-state index contributed by atoms with van der Waals surface area (Å²) >= 11 is 0. The fourth-order valence-electron chi connectivity index (χ4n) is 2.58. The van der Waals surface area contributed by atoms with Gasteiger partial charge in [-0.1, -0.05) is 0 Å². The number of nitrogens with one attached hydrogen (secondary N) is 2. The Kier molecular flexibility index (Phi) is 2.75. The lowest BCUT2D eigenvalue weighted by atomic mass is 10.1. The summed E-state index contributed by atoms with van der Waals surface area (Å²) in [6.07, 6.45) is 4.04. The molecule has 0 bridgehead atoms. The zero-order chi connectivity index (χ0) is 15.1. The first-order valence-corrected chi connectivity index (χ1v) is 6.80. The highest BCUT2D eigenvalue weighted by atomic mass is 19.1. The van der Waals surface area contributed by atoms with Crippen LogP contribution >= 0.6 is 0 Å². The molecule has 3 heterocycles. The van der Waals surface area contributed by atoms with Gasteiger partial charge in [-0.2, -0.15) is 0 Å². The highest BCUT2D eigenvalue weighted by molar-refractivity contribution is 5.80. The number of halogens is 1. The normalized spacial score (nSPS) is 11.3. The smallest absolute Gasteiger partial charge is 0.258 e. The van der Waals surface area contributed by atoms with Gasteiger partial charge in [-0.3, -0.25) is 4.79 Å². The van der Waals surface area contributed by atoms with E-state index in [4.69, 9.17) is 0 Å². The van der Waals surface area contributed by atoms with Gasteiger partial charge >= 0.3 is 0 Å². The molecule has 6 heteroatoms. The standard InChI is InChI=1S/C16H11FN4O/c17-10-3-4-13-12(7-10)16(22)21-14(20-13)6-9-8-19-15-11(9)2-1-5-18-15/h1-5,7-8H,6H2,(H,18,19)(H,20,21,22). The van der Waals surface area contributed by atoms with E-state index >= 15 is 0 Å². The maximum Gasteiger partial charge on any atom is 0.258 e. The van der Waals surface area contributed by atoms with E-state index in [2.05, 4.69) is 19.9 Å². The lowest BCUT2D eigenvalue weighted by Gasteiger charge is -2.02. The van der Waals surface area contributed by atoms with Crippen molar-refractivity contribution in [2.45, 2.75) is 6.42 Å². The predicted octanol–water partition coefficient (Wildman–Crippen LogP) is 2.53. The van der Waals surface area contributed by atoms with Gasteiger partial charge < -0.3 is 9.97 Å². The van der Waals surface area contributed by atoms with E-state index in [1.54, 1.807) is 6.20 Å². The summed E-state index contributed by atoms with van der Waals surface area (Å²) in [4.78, 5) is 26.5. The van der Waals surface area contributed by atoms with Gasteiger partial charge in [-0.25, -0.2) is 14.4 Å². The number of benzene rings is 1. The highest BCUT2D eigenvalue weighted by Gasteiger charge is 2.09. The highest BCUT2D eigenvalue weighted by Crippen LogP contribution is 2.18. The molecule has 0 spiro atoms. The SMILES string of the molecule is O=c1[nH]c(Cc2c[nH]c3ncccc23)nc2ccc(F)cc12. The fraction of sp³-hybridized carbons (Fsp3) is 0.0625. The molecule has 2 N–H and O–H groups in total. The topological polar surface area (TPSA) is 74.4 Å². The van der Waals surface area contributed by atoms with Crippen LogP contribution in [-0.4, -0.2) is 19.9 Å². The molecule has 0 aliphatic heterocycles. The number of rotatable bonds is 2. The first-order valence-electron chi connectivity index (χ1n) is 6.80. The lowest BCUT2D eigenvalue weighted by Crippen LogP contribution is -2.12. The average Bonchev–Trinajstić information content (AvgIpc) is 2.92. The number of nitrogens with zero attached hydrogens (tertiary/aromatic N) is 2. The van der Waals surface area contributed by atoms with Crippen molar-refractivity contribution in [3.8, 4) is 0 Å². The second kappa shape index (κ2) is 4.77. The second-order valence-corrected chi connectivity index (χ2v) is 5.06. The maximum atomic E-state index is 13.2. The third-order valence-corrected chi connectivity index (χ3v) is 3.61.